The van der Waals surface area contributed by atoms with Gasteiger partial charge in [0.1, 0.15) is 5.75 Å². The molecule has 0 unspecified atom stereocenters. The van der Waals surface area contributed by atoms with Gasteiger partial charge in [0.05, 0.1) is 12.7 Å². The lowest BCUT2D eigenvalue weighted by Crippen LogP contribution is -2.42. The third-order valence-electron chi connectivity index (χ3n) is 3.47. The molecule has 0 saturated heterocycles. The number of ether oxygens (including phenoxy) is 1. The van der Waals surface area contributed by atoms with Crippen molar-refractivity contribution in [2.45, 2.75) is 44.2 Å². The summed E-state index contributed by atoms with van der Waals surface area (Å²) in [6.45, 7) is 1.63. The molecule has 1 aliphatic rings. The molecule has 0 heterocycles. The summed E-state index contributed by atoms with van der Waals surface area (Å²) in [6, 6.07) is 10.2. The number of benzene rings is 1. The van der Waals surface area contributed by atoms with E-state index in [0.717, 1.165) is 44.6 Å². The molecule has 0 radical (unpaired) electrons. The highest BCUT2D eigenvalue weighted by Crippen LogP contribution is 2.18. The van der Waals surface area contributed by atoms with Crippen molar-refractivity contribution >= 4 is 0 Å². The maximum Gasteiger partial charge on any atom is 0.119 e. The minimum Gasteiger partial charge on any atom is -0.494 e. The molecular weight excluding hydrogens is 226 g/mol. The topological polar surface area (TPSA) is 41.5 Å². The molecule has 2 N–H and O–H groups in total. The van der Waals surface area contributed by atoms with E-state index < -0.39 is 0 Å². The van der Waals surface area contributed by atoms with Crippen LogP contribution in [0.4, 0.5) is 0 Å². The van der Waals surface area contributed by atoms with Crippen molar-refractivity contribution in [1.82, 2.24) is 5.32 Å². The second kappa shape index (κ2) is 7.39. The summed E-state index contributed by atoms with van der Waals surface area (Å²) in [5.41, 5.74) is 0. The van der Waals surface area contributed by atoms with Crippen LogP contribution in [0.5, 0.6) is 5.75 Å². The summed E-state index contributed by atoms with van der Waals surface area (Å²) in [6.07, 6.45) is 5.25. The van der Waals surface area contributed by atoms with E-state index >= 15 is 0 Å². The van der Waals surface area contributed by atoms with Crippen LogP contribution in [-0.4, -0.2) is 30.4 Å². The summed E-state index contributed by atoms with van der Waals surface area (Å²) in [7, 11) is 0. The maximum absolute atomic E-state index is 9.81. The Kier molecular flexibility index (Phi) is 5.49. The van der Waals surface area contributed by atoms with Crippen LogP contribution in [0.25, 0.3) is 0 Å². The van der Waals surface area contributed by atoms with Gasteiger partial charge in [0.2, 0.25) is 0 Å². The molecule has 0 aliphatic heterocycles. The van der Waals surface area contributed by atoms with Gasteiger partial charge in [0, 0.05) is 6.04 Å². The molecule has 100 valence electrons. The maximum atomic E-state index is 9.81. The third kappa shape index (κ3) is 4.31. The Morgan fingerprint density at radius 3 is 2.72 bits per heavy atom. The van der Waals surface area contributed by atoms with Crippen LogP contribution in [0.15, 0.2) is 30.3 Å². The number of aliphatic hydroxyl groups excluding tert-OH is 1. The zero-order valence-electron chi connectivity index (χ0n) is 10.8. The first kappa shape index (κ1) is 13.4. The van der Waals surface area contributed by atoms with Crippen LogP contribution >= 0.6 is 0 Å². The molecule has 0 bridgehead atoms. The Labute approximate surface area is 109 Å². The van der Waals surface area contributed by atoms with Gasteiger partial charge in [-0.2, -0.15) is 0 Å². The summed E-state index contributed by atoms with van der Waals surface area (Å²) in [5, 5.41) is 13.2. The lowest BCUT2D eigenvalue weighted by atomic mass is 9.92. The van der Waals surface area contributed by atoms with E-state index in [4.69, 9.17) is 4.74 Å². The quantitative estimate of drug-likeness (QED) is 0.760. The van der Waals surface area contributed by atoms with E-state index in [1.54, 1.807) is 0 Å². The van der Waals surface area contributed by atoms with E-state index in [2.05, 4.69) is 5.32 Å². The molecule has 2 atom stereocenters. The average Bonchev–Trinajstić information content (AvgIpc) is 2.42. The van der Waals surface area contributed by atoms with E-state index in [-0.39, 0.29) is 12.1 Å². The monoisotopic (exact) mass is 249 g/mol. The third-order valence-corrected chi connectivity index (χ3v) is 3.47. The molecule has 1 aromatic rings. The predicted molar refractivity (Wildman–Crippen MR) is 72.8 cm³/mol. The molecule has 1 saturated carbocycles. The standard InChI is InChI=1S/C15H23NO2/c17-15-10-5-4-9-14(15)16-11-6-12-18-13-7-2-1-3-8-13/h1-3,7-8,14-17H,4-6,9-12H2/t14-,15-/m0/s1. The SMILES string of the molecule is O[C@H]1CCCC[C@@H]1NCCCOc1ccccc1. The molecular formula is C15H23NO2. The minimum atomic E-state index is -0.159. The first-order valence-corrected chi connectivity index (χ1v) is 6.95. The Morgan fingerprint density at radius 2 is 1.94 bits per heavy atom. The van der Waals surface area contributed by atoms with Gasteiger partial charge in [-0.3, -0.25) is 0 Å². The molecule has 1 aliphatic carbocycles. The van der Waals surface area contributed by atoms with Crippen LogP contribution in [0.1, 0.15) is 32.1 Å². The molecule has 3 heteroatoms. The fraction of sp³-hybridized carbons (Fsp3) is 0.600. The predicted octanol–water partition coefficient (Wildman–Crippen LogP) is 2.35. The molecule has 0 spiro atoms. The molecule has 1 fully saturated rings. The van der Waals surface area contributed by atoms with Gasteiger partial charge >= 0.3 is 0 Å². The number of rotatable bonds is 6. The van der Waals surface area contributed by atoms with Gasteiger partial charge in [-0.15, -0.1) is 0 Å². The molecule has 0 amide bonds. The van der Waals surface area contributed by atoms with Gasteiger partial charge in [0.25, 0.3) is 0 Å². The van der Waals surface area contributed by atoms with Gasteiger partial charge in [-0.05, 0) is 37.9 Å². The van der Waals surface area contributed by atoms with Crippen molar-refractivity contribution in [3.63, 3.8) is 0 Å². The summed E-state index contributed by atoms with van der Waals surface area (Å²) in [4.78, 5) is 0. The van der Waals surface area contributed by atoms with Crippen LogP contribution in [0.2, 0.25) is 0 Å². The average molecular weight is 249 g/mol. The first-order chi connectivity index (χ1) is 8.86. The van der Waals surface area contributed by atoms with Crippen molar-refractivity contribution in [2.24, 2.45) is 0 Å². The van der Waals surface area contributed by atoms with E-state index in [1.807, 2.05) is 30.3 Å². The lowest BCUT2D eigenvalue weighted by molar-refractivity contribution is 0.0903. The molecule has 2 rings (SSSR count). The number of hydrogen-bond acceptors (Lipinski definition) is 3. The number of para-hydroxylation sites is 1. The molecule has 0 aromatic heterocycles. The van der Waals surface area contributed by atoms with Crippen molar-refractivity contribution in [1.29, 1.82) is 0 Å². The zero-order chi connectivity index (χ0) is 12.6. The Morgan fingerprint density at radius 1 is 1.17 bits per heavy atom. The Bertz CT molecular complexity index is 329. The summed E-state index contributed by atoms with van der Waals surface area (Å²) < 4.78 is 5.62. The van der Waals surface area contributed by atoms with Crippen LogP contribution in [0.3, 0.4) is 0 Å². The fourth-order valence-corrected chi connectivity index (χ4v) is 2.42. The smallest absolute Gasteiger partial charge is 0.119 e. The molecule has 3 nitrogen and oxygen atoms in total. The van der Waals surface area contributed by atoms with Gasteiger partial charge in [-0.1, -0.05) is 31.0 Å². The highest BCUT2D eigenvalue weighted by atomic mass is 16.5. The van der Waals surface area contributed by atoms with E-state index in [0.29, 0.717) is 0 Å². The highest BCUT2D eigenvalue weighted by molar-refractivity contribution is 5.20. The first-order valence-electron chi connectivity index (χ1n) is 6.95. The highest BCUT2D eigenvalue weighted by Gasteiger charge is 2.21. The van der Waals surface area contributed by atoms with E-state index in [9.17, 15) is 5.11 Å². The van der Waals surface area contributed by atoms with E-state index in [1.165, 1.54) is 6.42 Å². The van der Waals surface area contributed by atoms with Crippen LogP contribution < -0.4 is 10.1 Å². The zero-order valence-corrected chi connectivity index (χ0v) is 10.8. The number of nitrogens with one attached hydrogen (secondary N) is 1. The lowest BCUT2D eigenvalue weighted by Gasteiger charge is -2.28. The molecule has 18 heavy (non-hydrogen) atoms. The van der Waals surface area contributed by atoms with Gasteiger partial charge in [-0.25, -0.2) is 0 Å². The summed E-state index contributed by atoms with van der Waals surface area (Å²) in [5.74, 6) is 0.926. The van der Waals surface area contributed by atoms with Gasteiger partial charge in [0.15, 0.2) is 0 Å². The van der Waals surface area contributed by atoms with Crippen molar-refractivity contribution in [2.75, 3.05) is 13.2 Å². The largest absolute Gasteiger partial charge is 0.494 e. The van der Waals surface area contributed by atoms with Crippen molar-refractivity contribution < 1.29 is 9.84 Å². The second-order valence-corrected chi connectivity index (χ2v) is 4.93. The molecule has 1 aromatic carbocycles. The van der Waals surface area contributed by atoms with Crippen molar-refractivity contribution in [3.05, 3.63) is 30.3 Å². The van der Waals surface area contributed by atoms with Crippen LogP contribution in [0, 0.1) is 0 Å². The Hall–Kier alpha value is -1.06. The van der Waals surface area contributed by atoms with Gasteiger partial charge < -0.3 is 15.2 Å². The Balaban J connectivity index is 1.56. The normalized spacial score (nSPS) is 23.8. The number of aliphatic hydroxyl groups is 1. The second-order valence-electron chi connectivity index (χ2n) is 4.93. The minimum absolute atomic E-state index is 0.159. The fourth-order valence-electron chi connectivity index (χ4n) is 2.42. The summed E-state index contributed by atoms with van der Waals surface area (Å²) >= 11 is 0. The van der Waals surface area contributed by atoms with Crippen LogP contribution in [-0.2, 0) is 0 Å². The number of hydrogen-bond donors (Lipinski definition) is 2. The van der Waals surface area contributed by atoms with Crippen molar-refractivity contribution in [3.8, 4) is 5.75 Å².